The van der Waals surface area contributed by atoms with E-state index in [4.69, 9.17) is 21.1 Å². The number of anilines is 1. The number of aromatic carboxylic acids is 1. The van der Waals surface area contributed by atoms with Gasteiger partial charge in [0, 0.05) is 11.8 Å². The first kappa shape index (κ1) is 15.3. The fourth-order valence-corrected chi connectivity index (χ4v) is 2.34. The summed E-state index contributed by atoms with van der Waals surface area (Å²) in [6.45, 7) is 1.61. The highest BCUT2D eigenvalue weighted by Crippen LogP contribution is 2.24. The number of halogens is 1. The van der Waals surface area contributed by atoms with Crippen molar-refractivity contribution in [2.24, 2.45) is 0 Å². The normalized spacial score (nSPS) is 10.4. The van der Waals surface area contributed by atoms with E-state index in [9.17, 15) is 9.59 Å². The Hall–Kier alpha value is -2.06. The van der Waals surface area contributed by atoms with E-state index in [-0.39, 0.29) is 28.3 Å². The van der Waals surface area contributed by atoms with Crippen molar-refractivity contribution < 1.29 is 19.1 Å². The fourth-order valence-electron chi connectivity index (χ4n) is 1.41. The van der Waals surface area contributed by atoms with Crippen LogP contribution in [0, 0.1) is 6.92 Å². The number of benzene rings is 1. The van der Waals surface area contributed by atoms with Crippen LogP contribution < -0.4 is 5.32 Å². The number of nitrogens with one attached hydrogen (secondary N) is 1. The molecule has 2 rings (SSSR count). The molecule has 110 valence electrons. The molecule has 0 aliphatic carbocycles. The van der Waals surface area contributed by atoms with Gasteiger partial charge in [-0.05, 0) is 18.2 Å². The molecule has 0 saturated carbocycles. The van der Waals surface area contributed by atoms with Crippen molar-refractivity contribution in [3.05, 3.63) is 34.7 Å². The topological polar surface area (TPSA) is 105 Å². The molecule has 1 aromatic heterocycles. The molecule has 0 saturated heterocycles. The molecule has 0 aliphatic heterocycles. The van der Waals surface area contributed by atoms with Crippen molar-refractivity contribution in [2.45, 2.75) is 11.8 Å². The standard InChI is InChI=1S/C12H10ClN3O4S/c1-6-15-16-12(20-6)14-10(17)5-21-7-2-3-9(13)8(4-7)11(18)19/h2-4H,5H2,1H3,(H,18,19)(H,14,16,17). The lowest BCUT2D eigenvalue weighted by atomic mass is 10.2. The van der Waals surface area contributed by atoms with Gasteiger partial charge in [0.25, 0.3) is 0 Å². The third-order valence-corrected chi connectivity index (χ3v) is 3.63. The minimum atomic E-state index is -1.12. The second-order valence-corrected chi connectivity index (χ2v) is 5.37. The summed E-state index contributed by atoms with van der Waals surface area (Å²) < 4.78 is 5.01. The number of rotatable bonds is 5. The number of amides is 1. The highest BCUT2D eigenvalue weighted by atomic mass is 35.5. The maximum absolute atomic E-state index is 11.7. The maximum atomic E-state index is 11.7. The molecule has 0 radical (unpaired) electrons. The minimum Gasteiger partial charge on any atom is -0.478 e. The molecule has 1 heterocycles. The van der Waals surface area contributed by atoms with Gasteiger partial charge in [-0.3, -0.25) is 10.1 Å². The van der Waals surface area contributed by atoms with Crippen LogP contribution in [0.3, 0.4) is 0 Å². The van der Waals surface area contributed by atoms with Crippen molar-refractivity contribution in [1.29, 1.82) is 0 Å². The molecule has 2 N–H and O–H groups in total. The van der Waals surface area contributed by atoms with E-state index in [0.717, 1.165) is 0 Å². The second kappa shape index (κ2) is 6.59. The fraction of sp³-hybridized carbons (Fsp3) is 0.167. The van der Waals surface area contributed by atoms with Crippen LogP contribution in [0.25, 0.3) is 0 Å². The Labute approximate surface area is 128 Å². The van der Waals surface area contributed by atoms with Gasteiger partial charge in [-0.1, -0.05) is 16.7 Å². The van der Waals surface area contributed by atoms with E-state index in [0.29, 0.717) is 10.8 Å². The Morgan fingerprint density at radius 2 is 2.19 bits per heavy atom. The number of carboxylic acid groups (broad SMARTS) is 1. The van der Waals surface area contributed by atoms with Crippen LogP contribution >= 0.6 is 23.4 Å². The molecule has 0 bridgehead atoms. The number of hydrogen-bond acceptors (Lipinski definition) is 6. The van der Waals surface area contributed by atoms with Crippen molar-refractivity contribution in [3.63, 3.8) is 0 Å². The molecule has 1 aromatic carbocycles. The molecule has 0 fully saturated rings. The molecular formula is C12H10ClN3O4S. The lowest BCUT2D eigenvalue weighted by Crippen LogP contribution is -2.14. The van der Waals surface area contributed by atoms with Crippen LogP contribution in [0.5, 0.6) is 0 Å². The third kappa shape index (κ3) is 4.20. The summed E-state index contributed by atoms with van der Waals surface area (Å²) in [6.07, 6.45) is 0. The minimum absolute atomic E-state index is 0.00500. The first-order valence-electron chi connectivity index (χ1n) is 5.71. The third-order valence-electron chi connectivity index (χ3n) is 2.31. The number of thioether (sulfide) groups is 1. The molecule has 0 atom stereocenters. The van der Waals surface area contributed by atoms with Crippen LogP contribution in [0.15, 0.2) is 27.5 Å². The highest BCUT2D eigenvalue weighted by Gasteiger charge is 2.12. The summed E-state index contributed by atoms with van der Waals surface area (Å²) in [5, 5.41) is 18.8. The summed E-state index contributed by atoms with van der Waals surface area (Å²) in [6, 6.07) is 4.57. The Morgan fingerprint density at radius 1 is 1.43 bits per heavy atom. The number of carbonyl (C=O) groups is 2. The van der Waals surface area contributed by atoms with Crippen molar-refractivity contribution in [1.82, 2.24) is 10.2 Å². The Bertz CT molecular complexity index is 689. The van der Waals surface area contributed by atoms with Gasteiger partial charge in [-0.15, -0.1) is 16.9 Å². The molecule has 1 amide bonds. The van der Waals surface area contributed by atoms with E-state index in [1.165, 1.54) is 23.9 Å². The predicted molar refractivity (Wildman–Crippen MR) is 76.8 cm³/mol. The molecule has 9 heteroatoms. The van der Waals surface area contributed by atoms with E-state index in [1.807, 2.05) is 0 Å². The number of aromatic nitrogens is 2. The number of nitrogens with zero attached hydrogens (tertiary/aromatic N) is 2. The van der Waals surface area contributed by atoms with Crippen molar-refractivity contribution in [2.75, 3.05) is 11.1 Å². The summed E-state index contributed by atoms with van der Waals surface area (Å²) in [7, 11) is 0. The van der Waals surface area contributed by atoms with E-state index >= 15 is 0 Å². The van der Waals surface area contributed by atoms with E-state index < -0.39 is 5.97 Å². The molecule has 0 spiro atoms. The predicted octanol–water partition coefficient (Wildman–Crippen LogP) is 2.46. The van der Waals surface area contributed by atoms with Gasteiger partial charge >= 0.3 is 12.0 Å². The molecule has 2 aromatic rings. The molecule has 21 heavy (non-hydrogen) atoms. The molecular weight excluding hydrogens is 318 g/mol. The van der Waals surface area contributed by atoms with Gasteiger partial charge in [0.2, 0.25) is 11.8 Å². The monoisotopic (exact) mass is 327 g/mol. The smallest absolute Gasteiger partial charge is 0.337 e. The van der Waals surface area contributed by atoms with Crippen LogP contribution in [0.4, 0.5) is 6.01 Å². The summed E-state index contributed by atoms with van der Waals surface area (Å²) in [4.78, 5) is 23.3. The molecule has 0 aliphatic rings. The van der Waals surface area contributed by atoms with Gasteiger partial charge in [0.05, 0.1) is 16.3 Å². The van der Waals surface area contributed by atoms with Crippen LogP contribution in [0.1, 0.15) is 16.2 Å². The Morgan fingerprint density at radius 3 is 2.81 bits per heavy atom. The summed E-state index contributed by atoms with van der Waals surface area (Å²) in [5.41, 5.74) is -0.00500. The zero-order valence-corrected chi connectivity index (χ0v) is 12.4. The van der Waals surface area contributed by atoms with Crippen molar-refractivity contribution >= 4 is 41.3 Å². The van der Waals surface area contributed by atoms with Gasteiger partial charge in [0.1, 0.15) is 0 Å². The largest absolute Gasteiger partial charge is 0.478 e. The first-order valence-corrected chi connectivity index (χ1v) is 7.07. The lowest BCUT2D eigenvalue weighted by molar-refractivity contribution is -0.113. The molecule has 7 nitrogen and oxygen atoms in total. The van der Waals surface area contributed by atoms with Crippen LogP contribution in [0.2, 0.25) is 5.02 Å². The average molecular weight is 328 g/mol. The average Bonchev–Trinajstić information content (AvgIpc) is 2.82. The van der Waals surface area contributed by atoms with Gasteiger partial charge < -0.3 is 9.52 Å². The SMILES string of the molecule is Cc1nnc(NC(=O)CSc2ccc(Cl)c(C(=O)O)c2)o1. The Balaban J connectivity index is 1.95. The summed E-state index contributed by atoms with van der Waals surface area (Å²) >= 11 is 6.94. The van der Waals surface area contributed by atoms with E-state index in [1.54, 1.807) is 13.0 Å². The number of carboxylic acids is 1. The molecule has 0 unspecified atom stereocenters. The van der Waals surface area contributed by atoms with Gasteiger partial charge in [-0.25, -0.2) is 4.79 Å². The van der Waals surface area contributed by atoms with Crippen LogP contribution in [-0.4, -0.2) is 32.9 Å². The second-order valence-electron chi connectivity index (χ2n) is 3.91. The number of aryl methyl sites for hydroxylation is 1. The highest BCUT2D eigenvalue weighted by molar-refractivity contribution is 8.00. The maximum Gasteiger partial charge on any atom is 0.337 e. The zero-order chi connectivity index (χ0) is 15.4. The lowest BCUT2D eigenvalue weighted by Gasteiger charge is -2.04. The first-order chi connectivity index (χ1) is 9.95. The van der Waals surface area contributed by atoms with Gasteiger partial charge in [-0.2, -0.15) is 0 Å². The number of carbonyl (C=O) groups excluding carboxylic acids is 1. The zero-order valence-electron chi connectivity index (χ0n) is 10.8. The number of hydrogen-bond donors (Lipinski definition) is 2. The van der Waals surface area contributed by atoms with E-state index in [2.05, 4.69) is 15.5 Å². The Kier molecular flexibility index (Phi) is 4.81. The quantitative estimate of drug-likeness (QED) is 0.812. The van der Waals surface area contributed by atoms with Crippen molar-refractivity contribution in [3.8, 4) is 0 Å². The van der Waals surface area contributed by atoms with Gasteiger partial charge in [0.15, 0.2) is 0 Å². The summed E-state index contributed by atoms with van der Waals surface area (Å²) in [5.74, 6) is -1.03. The van der Waals surface area contributed by atoms with Crippen LogP contribution in [-0.2, 0) is 4.79 Å².